The highest BCUT2D eigenvalue weighted by Gasteiger charge is 2.32. The fourth-order valence-corrected chi connectivity index (χ4v) is 3.93. The molecule has 5 heteroatoms. The first-order valence-corrected chi connectivity index (χ1v) is 9.07. The Kier molecular flexibility index (Phi) is 4.18. The lowest BCUT2D eigenvalue weighted by molar-refractivity contribution is -0.0161. The second kappa shape index (κ2) is 6.28. The van der Waals surface area contributed by atoms with Gasteiger partial charge in [0.1, 0.15) is 11.6 Å². The van der Waals surface area contributed by atoms with Crippen molar-refractivity contribution in [3.8, 4) is 0 Å². The number of rotatable bonds is 5. The van der Waals surface area contributed by atoms with E-state index >= 15 is 0 Å². The predicted octanol–water partition coefficient (Wildman–Crippen LogP) is 2.57. The van der Waals surface area contributed by atoms with Crippen LogP contribution in [-0.2, 0) is 17.8 Å². The molecular weight excluding hydrogens is 276 g/mol. The van der Waals surface area contributed by atoms with E-state index in [1.54, 1.807) is 0 Å². The Hall–Kier alpha value is -0.940. The molecule has 0 saturated heterocycles. The third kappa shape index (κ3) is 3.06. The molecule has 1 aromatic rings. The number of nitrogens with zero attached hydrogens (tertiary/aromatic N) is 4. The summed E-state index contributed by atoms with van der Waals surface area (Å²) in [5.74, 6) is 3.82. The Labute approximate surface area is 133 Å². The largest absolute Gasteiger partial charge is 0.377 e. The lowest BCUT2D eigenvalue weighted by Crippen LogP contribution is -2.37. The first-order valence-electron chi connectivity index (χ1n) is 9.07. The standard InChI is InChI=1S/C17H28N4O/c1-13-4-2-3-5-15(13)22-11-10-20-8-9-21-16(12-20)18-19-17(21)14-6-7-14/h13-15H,2-12H2,1H3. The number of fused-ring (bicyclic) bond motifs is 1. The van der Waals surface area contributed by atoms with E-state index in [9.17, 15) is 0 Å². The molecule has 1 aromatic heterocycles. The van der Waals surface area contributed by atoms with Crippen LogP contribution in [0.25, 0.3) is 0 Å². The third-order valence-electron chi connectivity index (χ3n) is 5.58. The van der Waals surface area contributed by atoms with Gasteiger partial charge in [-0.2, -0.15) is 0 Å². The molecule has 22 heavy (non-hydrogen) atoms. The van der Waals surface area contributed by atoms with Gasteiger partial charge in [-0.15, -0.1) is 10.2 Å². The van der Waals surface area contributed by atoms with E-state index < -0.39 is 0 Å². The number of ether oxygens (including phenoxy) is 1. The summed E-state index contributed by atoms with van der Waals surface area (Å²) in [4.78, 5) is 2.47. The Balaban J connectivity index is 1.26. The van der Waals surface area contributed by atoms with Crippen molar-refractivity contribution in [3.63, 3.8) is 0 Å². The van der Waals surface area contributed by atoms with Crippen LogP contribution in [0.4, 0.5) is 0 Å². The minimum absolute atomic E-state index is 0.490. The maximum absolute atomic E-state index is 6.15. The van der Waals surface area contributed by atoms with E-state index in [0.717, 1.165) is 44.5 Å². The highest BCUT2D eigenvalue weighted by Crippen LogP contribution is 2.39. The van der Waals surface area contributed by atoms with Crippen molar-refractivity contribution in [1.82, 2.24) is 19.7 Å². The average molecular weight is 304 g/mol. The van der Waals surface area contributed by atoms with Gasteiger partial charge in [-0.1, -0.05) is 19.8 Å². The van der Waals surface area contributed by atoms with E-state index in [-0.39, 0.29) is 0 Å². The molecule has 2 fully saturated rings. The van der Waals surface area contributed by atoms with Crippen LogP contribution in [0.1, 0.15) is 63.0 Å². The fourth-order valence-electron chi connectivity index (χ4n) is 3.93. The lowest BCUT2D eigenvalue weighted by atomic mass is 9.88. The molecular formula is C17H28N4O. The highest BCUT2D eigenvalue weighted by atomic mass is 16.5. The van der Waals surface area contributed by atoms with Crippen LogP contribution >= 0.6 is 0 Å². The maximum atomic E-state index is 6.15. The summed E-state index contributed by atoms with van der Waals surface area (Å²) in [5.41, 5.74) is 0. The van der Waals surface area contributed by atoms with Crippen molar-refractivity contribution in [2.45, 2.75) is 70.6 Å². The van der Waals surface area contributed by atoms with Crippen molar-refractivity contribution >= 4 is 0 Å². The predicted molar refractivity (Wildman–Crippen MR) is 84.6 cm³/mol. The minimum atomic E-state index is 0.490. The number of aromatic nitrogens is 3. The smallest absolute Gasteiger partial charge is 0.147 e. The molecule has 0 bridgehead atoms. The van der Waals surface area contributed by atoms with E-state index in [1.165, 1.54) is 44.3 Å². The van der Waals surface area contributed by atoms with Crippen LogP contribution in [-0.4, -0.2) is 45.5 Å². The Bertz CT molecular complexity index is 511. The first kappa shape index (κ1) is 14.6. The van der Waals surface area contributed by atoms with Gasteiger partial charge >= 0.3 is 0 Å². The summed E-state index contributed by atoms with van der Waals surface area (Å²) in [6.07, 6.45) is 8.40. The molecule has 0 N–H and O–H groups in total. The summed E-state index contributed by atoms with van der Waals surface area (Å²) >= 11 is 0. The van der Waals surface area contributed by atoms with E-state index in [1.807, 2.05) is 0 Å². The summed E-state index contributed by atoms with van der Waals surface area (Å²) in [5, 5.41) is 8.82. The van der Waals surface area contributed by atoms with Gasteiger partial charge in [-0.3, -0.25) is 4.90 Å². The van der Waals surface area contributed by atoms with Gasteiger partial charge in [0, 0.05) is 25.6 Å². The van der Waals surface area contributed by atoms with Gasteiger partial charge in [0.15, 0.2) is 0 Å². The van der Waals surface area contributed by atoms with Crippen LogP contribution in [0.15, 0.2) is 0 Å². The Morgan fingerprint density at radius 3 is 2.77 bits per heavy atom. The van der Waals surface area contributed by atoms with Crippen LogP contribution in [0.2, 0.25) is 0 Å². The third-order valence-corrected chi connectivity index (χ3v) is 5.58. The second-order valence-corrected chi connectivity index (χ2v) is 7.35. The quantitative estimate of drug-likeness (QED) is 0.838. The fraction of sp³-hybridized carbons (Fsp3) is 0.882. The molecule has 0 radical (unpaired) electrons. The molecule has 4 rings (SSSR count). The van der Waals surface area contributed by atoms with Crippen LogP contribution in [0, 0.1) is 5.92 Å². The summed E-state index contributed by atoms with van der Waals surface area (Å²) < 4.78 is 8.51. The molecule has 122 valence electrons. The molecule has 2 atom stereocenters. The van der Waals surface area contributed by atoms with Crippen LogP contribution in [0.5, 0.6) is 0 Å². The molecule has 0 spiro atoms. The van der Waals surface area contributed by atoms with Crippen molar-refractivity contribution in [1.29, 1.82) is 0 Å². The molecule has 1 aliphatic heterocycles. The molecule has 0 amide bonds. The van der Waals surface area contributed by atoms with Crippen molar-refractivity contribution in [2.75, 3.05) is 19.7 Å². The van der Waals surface area contributed by atoms with Gasteiger partial charge in [-0.25, -0.2) is 0 Å². The molecule has 5 nitrogen and oxygen atoms in total. The first-order chi connectivity index (χ1) is 10.8. The minimum Gasteiger partial charge on any atom is -0.377 e. The normalized spacial score (nSPS) is 29.5. The monoisotopic (exact) mass is 304 g/mol. The van der Waals surface area contributed by atoms with E-state index in [4.69, 9.17) is 4.74 Å². The summed E-state index contributed by atoms with van der Waals surface area (Å²) in [6, 6.07) is 0. The zero-order valence-corrected chi connectivity index (χ0v) is 13.7. The van der Waals surface area contributed by atoms with Crippen molar-refractivity contribution < 1.29 is 4.74 Å². The second-order valence-electron chi connectivity index (χ2n) is 7.35. The number of hydrogen-bond donors (Lipinski definition) is 0. The van der Waals surface area contributed by atoms with E-state index in [0.29, 0.717) is 12.0 Å². The Morgan fingerprint density at radius 1 is 1.09 bits per heavy atom. The maximum Gasteiger partial charge on any atom is 0.147 e. The number of hydrogen-bond acceptors (Lipinski definition) is 4. The van der Waals surface area contributed by atoms with Gasteiger partial charge < -0.3 is 9.30 Å². The summed E-state index contributed by atoms with van der Waals surface area (Å²) in [7, 11) is 0. The van der Waals surface area contributed by atoms with Crippen molar-refractivity contribution in [2.24, 2.45) is 5.92 Å². The molecule has 3 aliphatic rings. The molecule has 2 heterocycles. The zero-order chi connectivity index (χ0) is 14.9. The topological polar surface area (TPSA) is 43.2 Å². The molecule has 2 aliphatic carbocycles. The molecule has 0 aromatic carbocycles. The summed E-state index contributed by atoms with van der Waals surface area (Å²) in [6.45, 7) is 7.31. The SMILES string of the molecule is CC1CCCCC1OCCN1CCn2c(nnc2C2CC2)C1. The van der Waals surface area contributed by atoms with E-state index in [2.05, 4.69) is 26.6 Å². The van der Waals surface area contributed by atoms with Crippen LogP contribution in [0.3, 0.4) is 0 Å². The van der Waals surface area contributed by atoms with Gasteiger partial charge in [0.2, 0.25) is 0 Å². The average Bonchev–Trinajstić information content (AvgIpc) is 3.29. The molecule has 2 unspecified atom stereocenters. The van der Waals surface area contributed by atoms with Gasteiger partial charge in [-0.05, 0) is 31.6 Å². The van der Waals surface area contributed by atoms with Crippen LogP contribution < -0.4 is 0 Å². The zero-order valence-electron chi connectivity index (χ0n) is 13.7. The lowest BCUT2D eigenvalue weighted by Gasteiger charge is -2.31. The Morgan fingerprint density at radius 2 is 1.95 bits per heavy atom. The van der Waals surface area contributed by atoms with Gasteiger partial charge in [0.25, 0.3) is 0 Å². The highest BCUT2D eigenvalue weighted by molar-refractivity contribution is 5.09. The van der Waals surface area contributed by atoms with Crippen molar-refractivity contribution in [3.05, 3.63) is 11.6 Å². The van der Waals surface area contributed by atoms with Gasteiger partial charge in [0.05, 0.1) is 19.3 Å². The molecule has 2 saturated carbocycles.